The quantitative estimate of drug-likeness (QED) is 0.678. The first-order valence-electron chi connectivity index (χ1n) is 5.95. The summed E-state index contributed by atoms with van der Waals surface area (Å²) in [5, 5.41) is 0. The number of rotatable bonds is 3. The van der Waals surface area contributed by atoms with Gasteiger partial charge in [0.25, 0.3) is 0 Å². The zero-order valence-electron chi connectivity index (χ0n) is 9.90. The van der Waals surface area contributed by atoms with Gasteiger partial charge in [0.05, 0.1) is 6.04 Å². The van der Waals surface area contributed by atoms with Crippen LogP contribution < -0.4 is 0 Å². The van der Waals surface area contributed by atoms with Crippen LogP contribution in [0.1, 0.15) is 17.2 Å². The second-order valence-electron chi connectivity index (χ2n) is 4.16. The Morgan fingerprint density at radius 1 is 0.833 bits per heavy atom. The molecule has 1 heterocycles. The largest absolute Gasteiger partial charge is 0.317 e. The van der Waals surface area contributed by atoms with E-state index in [0.717, 1.165) is 0 Å². The summed E-state index contributed by atoms with van der Waals surface area (Å²) in [5.41, 5.74) is 2.47. The van der Waals surface area contributed by atoms with E-state index in [9.17, 15) is 0 Å². The highest BCUT2D eigenvalue weighted by Crippen LogP contribution is 2.25. The SMILES string of the molecule is [c]1nccn1C(c1ccccc1)c1ccccc1. The van der Waals surface area contributed by atoms with Crippen LogP contribution in [0.2, 0.25) is 0 Å². The highest BCUT2D eigenvalue weighted by molar-refractivity contribution is 5.32. The Morgan fingerprint density at radius 2 is 1.39 bits per heavy atom. The van der Waals surface area contributed by atoms with Gasteiger partial charge in [-0.15, -0.1) is 0 Å². The molecule has 2 nitrogen and oxygen atoms in total. The first-order chi connectivity index (χ1) is 8.95. The lowest BCUT2D eigenvalue weighted by molar-refractivity contribution is 0.671. The van der Waals surface area contributed by atoms with Crippen molar-refractivity contribution >= 4 is 0 Å². The summed E-state index contributed by atoms with van der Waals surface area (Å²) in [7, 11) is 0. The minimum absolute atomic E-state index is 0.134. The molecular formula is C16H13N2. The van der Waals surface area contributed by atoms with Crippen LogP contribution in [-0.4, -0.2) is 9.55 Å². The molecule has 0 saturated carbocycles. The molecule has 0 fully saturated rings. The molecule has 2 aromatic carbocycles. The van der Waals surface area contributed by atoms with E-state index in [0.29, 0.717) is 0 Å². The molecule has 1 radical (unpaired) electrons. The van der Waals surface area contributed by atoms with Crippen LogP contribution in [-0.2, 0) is 0 Å². The van der Waals surface area contributed by atoms with E-state index in [1.807, 2.05) is 22.9 Å². The molecule has 0 aliphatic heterocycles. The fraction of sp³-hybridized carbons (Fsp3) is 0.0625. The number of benzene rings is 2. The normalized spacial score (nSPS) is 10.7. The van der Waals surface area contributed by atoms with Crippen molar-refractivity contribution in [3.63, 3.8) is 0 Å². The van der Waals surface area contributed by atoms with Crippen molar-refractivity contribution in [3.8, 4) is 0 Å². The monoisotopic (exact) mass is 233 g/mol. The van der Waals surface area contributed by atoms with Crippen molar-refractivity contribution in [1.82, 2.24) is 9.55 Å². The maximum atomic E-state index is 4.03. The van der Waals surface area contributed by atoms with Gasteiger partial charge in [0, 0.05) is 12.4 Å². The Labute approximate surface area is 107 Å². The Bertz CT molecular complexity index is 546. The summed E-state index contributed by atoms with van der Waals surface area (Å²) in [6.07, 6.45) is 6.71. The molecule has 0 unspecified atom stereocenters. The molecule has 1 aromatic heterocycles. The highest BCUT2D eigenvalue weighted by Gasteiger charge is 2.14. The molecule has 3 aromatic rings. The summed E-state index contributed by atoms with van der Waals surface area (Å²) >= 11 is 0. The number of hydrogen-bond donors (Lipinski definition) is 0. The molecule has 18 heavy (non-hydrogen) atoms. The Hall–Kier alpha value is -2.35. The third-order valence-electron chi connectivity index (χ3n) is 2.98. The van der Waals surface area contributed by atoms with Crippen molar-refractivity contribution in [2.45, 2.75) is 6.04 Å². The molecule has 2 heteroatoms. The van der Waals surface area contributed by atoms with Gasteiger partial charge in [-0.05, 0) is 11.1 Å². The molecule has 0 amide bonds. The van der Waals surface area contributed by atoms with Gasteiger partial charge in [0.2, 0.25) is 0 Å². The maximum Gasteiger partial charge on any atom is 0.177 e. The second-order valence-corrected chi connectivity index (χ2v) is 4.16. The van der Waals surface area contributed by atoms with Crippen molar-refractivity contribution in [3.05, 3.63) is 90.5 Å². The summed E-state index contributed by atoms with van der Waals surface area (Å²) in [6, 6.07) is 20.9. The molecule has 0 aliphatic rings. The van der Waals surface area contributed by atoms with Crippen LogP contribution in [0.3, 0.4) is 0 Å². The standard InChI is InChI=1S/C16H13N2/c1-3-7-14(8-4-1)16(18-12-11-17-13-18)15-9-5-2-6-10-15/h1-12,16H. The van der Waals surface area contributed by atoms with Gasteiger partial charge in [0.15, 0.2) is 6.33 Å². The minimum atomic E-state index is 0.134. The second kappa shape index (κ2) is 4.88. The topological polar surface area (TPSA) is 17.8 Å². The number of hydrogen-bond acceptors (Lipinski definition) is 1. The maximum absolute atomic E-state index is 4.03. The number of imidazole rings is 1. The van der Waals surface area contributed by atoms with Gasteiger partial charge < -0.3 is 4.57 Å². The van der Waals surface area contributed by atoms with Crippen LogP contribution in [0.5, 0.6) is 0 Å². The predicted molar refractivity (Wildman–Crippen MR) is 71.2 cm³/mol. The van der Waals surface area contributed by atoms with Gasteiger partial charge in [-0.3, -0.25) is 0 Å². The van der Waals surface area contributed by atoms with Crippen LogP contribution in [0, 0.1) is 6.33 Å². The molecule has 0 saturated heterocycles. The first kappa shape index (κ1) is 10.8. The first-order valence-corrected chi connectivity index (χ1v) is 5.95. The summed E-state index contributed by atoms with van der Waals surface area (Å²) in [6.45, 7) is 0. The van der Waals surface area contributed by atoms with Gasteiger partial charge >= 0.3 is 0 Å². The highest BCUT2D eigenvalue weighted by atomic mass is 15.0. The van der Waals surface area contributed by atoms with Crippen molar-refractivity contribution < 1.29 is 0 Å². The van der Waals surface area contributed by atoms with E-state index >= 15 is 0 Å². The summed E-state index contributed by atoms with van der Waals surface area (Å²) < 4.78 is 2.00. The summed E-state index contributed by atoms with van der Waals surface area (Å²) in [5.74, 6) is 0. The molecule has 0 bridgehead atoms. The van der Waals surface area contributed by atoms with E-state index in [2.05, 4.69) is 59.8 Å². The minimum Gasteiger partial charge on any atom is -0.317 e. The van der Waals surface area contributed by atoms with Crippen molar-refractivity contribution in [2.24, 2.45) is 0 Å². The van der Waals surface area contributed by atoms with Gasteiger partial charge in [-0.1, -0.05) is 60.7 Å². The Kier molecular flexibility index (Phi) is 2.92. The number of aromatic nitrogens is 2. The zero-order valence-corrected chi connectivity index (χ0v) is 9.90. The smallest absolute Gasteiger partial charge is 0.177 e. The third kappa shape index (κ3) is 2.05. The Morgan fingerprint density at radius 3 is 1.83 bits per heavy atom. The van der Waals surface area contributed by atoms with Crippen LogP contribution in [0.4, 0.5) is 0 Å². The van der Waals surface area contributed by atoms with E-state index in [1.165, 1.54) is 11.1 Å². The lowest BCUT2D eigenvalue weighted by atomic mass is 9.99. The average molecular weight is 233 g/mol. The fourth-order valence-corrected chi connectivity index (χ4v) is 2.17. The van der Waals surface area contributed by atoms with Crippen LogP contribution >= 0.6 is 0 Å². The van der Waals surface area contributed by atoms with Gasteiger partial charge in [-0.2, -0.15) is 0 Å². The van der Waals surface area contributed by atoms with E-state index in [-0.39, 0.29) is 6.04 Å². The van der Waals surface area contributed by atoms with Crippen molar-refractivity contribution in [1.29, 1.82) is 0 Å². The molecule has 0 atom stereocenters. The van der Waals surface area contributed by atoms with Crippen molar-refractivity contribution in [2.75, 3.05) is 0 Å². The number of nitrogens with zero attached hydrogens (tertiary/aromatic N) is 2. The fourth-order valence-electron chi connectivity index (χ4n) is 2.17. The van der Waals surface area contributed by atoms with E-state index < -0.39 is 0 Å². The lowest BCUT2D eigenvalue weighted by Gasteiger charge is -2.19. The molecule has 0 N–H and O–H groups in total. The molecule has 0 spiro atoms. The average Bonchev–Trinajstić information content (AvgIpc) is 2.95. The Balaban J connectivity index is 2.11. The van der Waals surface area contributed by atoms with E-state index in [1.54, 1.807) is 6.20 Å². The summed E-state index contributed by atoms with van der Waals surface area (Å²) in [4.78, 5) is 4.03. The predicted octanol–water partition coefficient (Wildman–Crippen LogP) is 3.32. The van der Waals surface area contributed by atoms with Gasteiger partial charge in [0.1, 0.15) is 0 Å². The molecular weight excluding hydrogens is 220 g/mol. The molecule has 87 valence electrons. The van der Waals surface area contributed by atoms with Crippen LogP contribution in [0.15, 0.2) is 73.1 Å². The molecule has 0 aliphatic carbocycles. The van der Waals surface area contributed by atoms with Crippen LogP contribution in [0.25, 0.3) is 0 Å². The third-order valence-corrected chi connectivity index (χ3v) is 2.98. The van der Waals surface area contributed by atoms with Gasteiger partial charge in [-0.25, -0.2) is 4.98 Å². The molecule has 3 rings (SSSR count). The zero-order chi connectivity index (χ0) is 12.2. The van der Waals surface area contributed by atoms with E-state index in [4.69, 9.17) is 0 Å². The lowest BCUT2D eigenvalue weighted by Crippen LogP contribution is -2.10.